The van der Waals surface area contributed by atoms with Gasteiger partial charge in [0, 0.05) is 19.3 Å². The van der Waals surface area contributed by atoms with Crippen LogP contribution >= 0.6 is 0 Å². The zero-order valence-corrected chi connectivity index (χ0v) is 49.8. The molecule has 0 saturated carbocycles. The number of unbranched alkanes of at least 4 members (excludes halogenated alkanes) is 36. The lowest BCUT2D eigenvalue weighted by Gasteiger charge is -2.18. The number of carbonyl (C=O) groups excluding carboxylic acids is 3. The summed E-state index contributed by atoms with van der Waals surface area (Å²) < 4.78 is 16.9. The first-order valence-electron chi connectivity index (χ1n) is 32.4. The molecule has 0 saturated heterocycles. The lowest BCUT2D eigenvalue weighted by molar-refractivity contribution is -0.167. The molecule has 1 unspecified atom stereocenters. The second-order valence-electron chi connectivity index (χ2n) is 21.6. The maximum atomic E-state index is 12.9. The standard InChI is InChI=1S/C69H122O6/c1-4-7-10-13-16-19-22-24-26-28-30-32-33-34-35-37-38-40-42-44-47-50-53-56-59-62-68(71)74-65-66(64-73-67(70)61-58-55-52-49-46-21-18-15-12-9-6-3)75-69(72)63-60-57-54-51-48-45-43-41-39-36-31-29-27-25-23-20-17-14-11-8-5-2/h7,10,16,19,24,26,29-32,34-35,66H,4-6,8-9,11-15,17-18,20-23,25,27-28,33,36-65H2,1-3H3/b10-7-,19-16-,26-24-,31-29-,32-30-,35-34-. The summed E-state index contributed by atoms with van der Waals surface area (Å²) in [5.41, 5.74) is 0. The van der Waals surface area contributed by atoms with Gasteiger partial charge in [-0.2, -0.15) is 0 Å². The third kappa shape index (κ3) is 61.6. The Morgan fingerprint density at radius 2 is 0.520 bits per heavy atom. The largest absolute Gasteiger partial charge is 0.462 e. The van der Waals surface area contributed by atoms with Gasteiger partial charge in [-0.05, 0) is 89.9 Å². The average Bonchev–Trinajstić information content (AvgIpc) is 3.41. The molecular formula is C69H122O6. The molecule has 0 fully saturated rings. The maximum Gasteiger partial charge on any atom is 0.306 e. The van der Waals surface area contributed by atoms with Crippen molar-refractivity contribution in [3.05, 3.63) is 72.9 Å². The Kier molecular flexibility index (Phi) is 60.7. The van der Waals surface area contributed by atoms with Crippen LogP contribution in [0.4, 0.5) is 0 Å². The van der Waals surface area contributed by atoms with Gasteiger partial charge in [-0.3, -0.25) is 14.4 Å². The monoisotopic (exact) mass is 1050 g/mol. The molecule has 0 rings (SSSR count). The molecule has 0 aromatic heterocycles. The number of rotatable bonds is 59. The fraction of sp³-hybridized carbons (Fsp3) is 0.783. The number of carbonyl (C=O) groups is 3. The van der Waals surface area contributed by atoms with Crippen LogP contribution in [0.25, 0.3) is 0 Å². The van der Waals surface area contributed by atoms with E-state index < -0.39 is 6.10 Å². The minimum atomic E-state index is -0.778. The van der Waals surface area contributed by atoms with Gasteiger partial charge in [0.05, 0.1) is 0 Å². The van der Waals surface area contributed by atoms with E-state index in [0.717, 1.165) is 96.3 Å². The van der Waals surface area contributed by atoms with E-state index in [-0.39, 0.29) is 31.1 Å². The Hall–Kier alpha value is -3.15. The Morgan fingerprint density at radius 1 is 0.280 bits per heavy atom. The van der Waals surface area contributed by atoms with Crippen molar-refractivity contribution in [1.82, 2.24) is 0 Å². The first kappa shape index (κ1) is 71.8. The van der Waals surface area contributed by atoms with Gasteiger partial charge in [0.1, 0.15) is 13.2 Å². The normalized spacial score (nSPS) is 12.5. The fourth-order valence-electron chi connectivity index (χ4n) is 9.35. The molecule has 0 aliphatic rings. The second kappa shape index (κ2) is 63.4. The van der Waals surface area contributed by atoms with Gasteiger partial charge in [-0.15, -0.1) is 0 Å². The summed E-state index contributed by atoms with van der Waals surface area (Å²) in [5.74, 6) is -0.868. The predicted molar refractivity (Wildman–Crippen MR) is 325 cm³/mol. The Balaban J connectivity index is 4.27. The van der Waals surface area contributed by atoms with E-state index >= 15 is 0 Å². The molecule has 0 spiro atoms. The summed E-state index contributed by atoms with van der Waals surface area (Å²) in [6.45, 7) is 6.55. The van der Waals surface area contributed by atoms with Crippen molar-refractivity contribution in [2.24, 2.45) is 0 Å². The van der Waals surface area contributed by atoms with Crippen molar-refractivity contribution in [1.29, 1.82) is 0 Å². The SMILES string of the molecule is CC/C=C\C/C=C\C/C=C\C/C=C\C/C=C\CCCCCCCCCCCC(=O)OCC(COC(=O)CCCCCCCCCCCCC)OC(=O)CCCCCCCCCCC/C=C\CCCCCCCCCC. The number of allylic oxidation sites excluding steroid dienone is 12. The Labute approximate surface area is 465 Å². The molecule has 75 heavy (non-hydrogen) atoms. The number of ether oxygens (including phenoxy) is 3. The van der Waals surface area contributed by atoms with Gasteiger partial charge < -0.3 is 14.2 Å². The smallest absolute Gasteiger partial charge is 0.306 e. The van der Waals surface area contributed by atoms with E-state index in [1.165, 1.54) is 193 Å². The first-order chi connectivity index (χ1) is 37.0. The van der Waals surface area contributed by atoms with Crippen molar-refractivity contribution in [3.63, 3.8) is 0 Å². The number of hydrogen-bond donors (Lipinski definition) is 0. The minimum Gasteiger partial charge on any atom is -0.462 e. The lowest BCUT2D eigenvalue weighted by atomic mass is 10.1. The van der Waals surface area contributed by atoms with Crippen LogP contribution in [-0.2, 0) is 28.6 Å². The Bertz CT molecular complexity index is 1390. The van der Waals surface area contributed by atoms with E-state index in [9.17, 15) is 14.4 Å². The molecule has 0 aliphatic carbocycles. The van der Waals surface area contributed by atoms with Gasteiger partial charge in [-0.1, -0.05) is 293 Å². The maximum absolute atomic E-state index is 12.9. The lowest BCUT2D eigenvalue weighted by Crippen LogP contribution is -2.30. The molecule has 434 valence electrons. The van der Waals surface area contributed by atoms with Gasteiger partial charge in [0.15, 0.2) is 6.10 Å². The van der Waals surface area contributed by atoms with E-state index in [1.54, 1.807) is 0 Å². The molecule has 0 aliphatic heterocycles. The number of esters is 3. The second-order valence-corrected chi connectivity index (χ2v) is 21.6. The van der Waals surface area contributed by atoms with Gasteiger partial charge in [0.2, 0.25) is 0 Å². The van der Waals surface area contributed by atoms with Gasteiger partial charge in [-0.25, -0.2) is 0 Å². The van der Waals surface area contributed by atoms with Crippen molar-refractivity contribution in [2.75, 3.05) is 13.2 Å². The topological polar surface area (TPSA) is 78.9 Å². The van der Waals surface area contributed by atoms with Crippen molar-refractivity contribution >= 4 is 17.9 Å². The first-order valence-corrected chi connectivity index (χ1v) is 32.4. The summed E-state index contributed by atoms with van der Waals surface area (Å²) in [5, 5.41) is 0. The van der Waals surface area contributed by atoms with Crippen LogP contribution < -0.4 is 0 Å². The van der Waals surface area contributed by atoms with Crippen molar-refractivity contribution in [3.8, 4) is 0 Å². The van der Waals surface area contributed by atoms with Crippen LogP contribution in [0.15, 0.2) is 72.9 Å². The molecular weight excluding hydrogens is 925 g/mol. The zero-order chi connectivity index (χ0) is 54.3. The van der Waals surface area contributed by atoms with E-state index in [1.807, 2.05) is 0 Å². The third-order valence-electron chi connectivity index (χ3n) is 14.2. The van der Waals surface area contributed by atoms with E-state index in [2.05, 4.69) is 93.7 Å². The molecule has 0 bridgehead atoms. The highest BCUT2D eigenvalue weighted by molar-refractivity contribution is 5.71. The summed E-state index contributed by atoms with van der Waals surface area (Å²) in [4.78, 5) is 38.3. The highest BCUT2D eigenvalue weighted by Crippen LogP contribution is 2.17. The molecule has 1 atom stereocenters. The Morgan fingerprint density at radius 3 is 0.827 bits per heavy atom. The summed E-state index contributed by atoms with van der Waals surface area (Å²) in [7, 11) is 0. The molecule has 0 amide bonds. The van der Waals surface area contributed by atoms with Crippen LogP contribution in [0.2, 0.25) is 0 Å². The zero-order valence-electron chi connectivity index (χ0n) is 49.8. The molecule has 0 aromatic carbocycles. The van der Waals surface area contributed by atoms with E-state index in [0.29, 0.717) is 19.3 Å². The van der Waals surface area contributed by atoms with Crippen molar-refractivity contribution in [2.45, 2.75) is 335 Å². The predicted octanol–water partition coefficient (Wildman–Crippen LogP) is 22.1. The van der Waals surface area contributed by atoms with Gasteiger partial charge >= 0.3 is 17.9 Å². The van der Waals surface area contributed by atoms with Gasteiger partial charge in [0.25, 0.3) is 0 Å². The van der Waals surface area contributed by atoms with Crippen molar-refractivity contribution < 1.29 is 28.6 Å². The summed E-state index contributed by atoms with van der Waals surface area (Å²) in [6, 6.07) is 0. The molecule has 6 nitrogen and oxygen atoms in total. The van der Waals surface area contributed by atoms with Crippen LogP contribution in [0.3, 0.4) is 0 Å². The molecule has 0 aromatic rings. The highest BCUT2D eigenvalue weighted by Gasteiger charge is 2.19. The highest BCUT2D eigenvalue weighted by atomic mass is 16.6. The van der Waals surface area contributed by atoms with Crippen LogP contribution in [0, 0.1) is 0 Å². The molecule has 6 heteroatoms. The van der Waals surface area contributed by atoms with E-state index in [4.69, 9.17) is 14.2 Å². The molecule has 0 radical (unpaired) electrons. The van der Waals surface area contributed by atoms with Crippen LogP contribution in [0.5, 0.6) is 0 Å². The fourth-order valence-corrected chi connectivity index (χ4v) is 9.35. The van der Waals surface area contributed by atoms with Crippen LogP contribution in [0.1, 0.15) is 329 Å². The molecule has 0 heterocycles. The molecule has 0 N–H and O–H groups in total. The number of hydrogen-bond acceptors (Lipinski definition) is 6. The average molecular weight is 1050 g/mol. The third-order valence-corrected chi connectivity index (χ3v) is 14.2. The minimum absolute atomic E-state index is 0.0745. The summed E-state index contributed by atoms with van der Waals surface area (Å²) in [6.07, 6.45) is 82.0. The quantitative estimate of drug-likeness (QED) is 0.0261. The summed E-state index contributed by atoms with van der Waals surface area (Å²) >= 11 is 0. The van der Waals surface area contributed by atoms with Crippen LogP contribution in [-0.4, -0.2) is 37.2 Å².